The van der Waals surface area contributed by atoms with Crippen molar-refractivity contribution in [3.8, 4) is 0 Å². The maximum absolute atomic E-state index is 12.7. The van der Waals surface area contributed by atoms with E-state index in [1.807, 2.05) is 49.1 Å². The van der Waals surface area contributed by atoms with Gasteiger partial charge in [-0.3, -0.25) is 9.69 Å². The van der Waals surface area contributed by atoms with E-state index in [-0.39, 0.29) is 23.5 Å². The van der Waals surface area contributed by atoms with Crippen molar-refractivity contribution in [1.29, 1.82) is 0 Å². The van der Waals surface area contributed by atoms with Crippen molar-refractivity contribution < 1.29 is 13.2 Å². The number of amides is 1. The van der Waals surface area contributed by atoms with Gasteiger partial charge in [-0.1, -0.05) is 37.3 Å². The predicted molar refractivity (Wildman–Crippen MR) is 87.3 cm³/mol. The van der Waals surface area contributed by atoms with Crippen LogP contribution in [0.2, 0.25) is 0 Å². The van der Waals surface area contributed by atoms with Gasteiger partial charge in [0.25, 0.3) is 0 Å². The van der Waals surface area contributed by atoms with Gasteiger partial charge >= 0.3 is 0 Å². The minimum absolute atomic E-state index is 0.0557. The van der Waals surface area contributed by atoms with Crippen molar-refractivity contribution in [3.63, 3.8) is 0 Å². The fourth-order valence-corrected chi connectivity index (χ4v) is 3.80. The molecule has 1 aliphatic heterocycles. The molecule has 2 atom stereocenters. The second kappa shape index (κ2) is 7.24. The minimum atomic E-state index is -2.96. The zero-order chi connectivity index (χ0) is 16.2. The fourth-order valence-electron chi connectivity index (χ4n) is 2.57. The van der Waals surface area contributed by atoms with Crippen LogP contribution in [-0.4, -0.2) is 49.9 Å². The quantitative estimate of drug-likeness (QED) is 0.888. The van der Waals surface area contributed by atoms with Crippen molar-refractivity contribution in [2.24, 2.45) is 0 Å². The van der Waals surface area contributed by atoms with E-state index in [9.17, 15) is 13.2 Å². The molecule has 1 N–H and O–H groups in total. The maximum Gasteiger partial charge on any atom is 0.242 e. The number of carbonyl (C=O) groups is 1. The summed E-state index contributed by atoms with van der Waals surface area (Å²) in [6.07, 6.45) is 0.863. The molecule has 0 bridgehead atoms. The number of benzene rings is 1. The monoisotopic (exact) mass is 324 g/mol. The molecule has 2 rings (SSSR count). The van der Waals surface area contributed by atoms with E-state index in [0.717, 1.165) is 12.0 Å². The highest BCUT2D eigenvalue weighted by Crippen LogP contribution is 2.23. The van der Waals surface area contributed by atoms with Crippen molar-refractivity contribution in [2.45, 2.75) is 32.4 Å². The van der Waals surface area contributed by atoms with Crippen molar-refractivity contribution in [2.75, 3.05) is 24.6 Å². The predicted octanol–water partition coefficient (Wildman–Crippen LogP) is 1.37. The number of hydrogen-bond acceptors (Lipinski definition) is 4. The summed E-state index contributed by atoms with van der Waals surface area (Å²) < 4.78 is 23.2. The van der Waals surface area contributed by atoms with Crippen LogP contribution in [0.15, 0.2) is 30.3 Å². The van der Waals surface area contributed by atoms with E-state index < -0.39 is 15.9 Å². The average Bonchev–Trinajstić information content (AvgIpc) is 2.50. The van der Waals surface area contributed by atoms with E-state index in [0.29, 0.717) is 13.1 Å². The van der Waals surface area contributed by atoms with Gasteiger partial charge in [0.15, 0.2) is 9.84 Å². The van der Waals surface area contributed by atoms with E-state index in [1.54, 1.807) is 0 Å². The van der Waals surface area contributed by atoms with Gasteiger partial charge in [-0.25, -0.2) is 8.42 Å². The van der Waals surface area contributed by atoms with Crippen molar-refractivity contribution in [3.05, 3.63) is 35.9 Å². The summed E-state index contributed by atoms with van der Waals surface area (Å²) in [6, 6.07) is 9.24. The normalized spacial score (nSPS) is 21.0. The van der Waals surface area contributed by atoms with E-state index in [4.69, 9.17) is 0 Å². The molecule has 22 heavy (non-hydrogen) atoms. The molecule has 122 valence electrons. The van der Waals surface area contributed by atoms with E-state index >= 15 is 0 Å². The molecule has 1 aliphatic rings. The lowest BCUT2D eigenvalue weighted by atomic mass is 10.0. The van der Waals surface area contributed by atoms with Crippen molar-refractivity contribution >= 4 is 15.7 Å². The molecule has 5 nitrogen and oxygen atoms in total. The van der Waals surface area contributed by atoms with E-state index in [2.05, 4.69) is 5.32 Å². The number of rotatable bonds is 5. The van der Waals surface area contributed by atoms with Crippen LogP contribution in [0.1, 0.15) is 31.9 Å². The molecule has 1 fully saturated rings. The minimum Gasteiger partial charge on any atom is -0.352 e. The summed E-state index contributed by atoms with van der Waals surface area (Å²) in [5.41, 5.74) is 0.905. The first-order valence-electron chi connectivity index (χ1n) is 7.72. The molecule has 0 aromatic heterocycles. The number of sulfone groups is 1. The van der Waals surface area contributed by atoms with Gasteiger partial charge < -0.3 is 5.32 Å². The van der Waals surface area contributed by atoms with Crippen LogP contribution in [0.3, 0.4) is 0 Å². The van der Waals surface area contributed by atoms with Crippen LogP contribution in [0.4, 0.5) is 0 Å². The molecule has 6 heteroatoms. The molecular formula is C16H24N2O3S. The molecule has 1 aromatic carbocycles. The Hall–Kier alpha value is -1.40. The summed E-state index contributed by atoms with van der Waals surface area (Å²) in [5.74, 6) is 0.180. The van der Waals surface area contributed by atoms with Gasteiger partial charge in [-0.05, 0) is 18.9 Å². The van der Waals surface area contributed by atoms with E-state index in [1.165, 1.54) is 0 Å². The number of hydrogen-bond donors (Lipinski definition) is 1. The first-order chi connectivity index (χ1) is 10.4. The lowest BCUT2D eigenvalue weighted by Crippen LogP contribution is -2.48. The van der Waals surface area contributed by atoms with Gasteiger partial charge in [0.05, 0.1) is 11.5 Å². The number of nitrogens with zero attached hydrogens (tertiary/aromatic N) is 1. The number of nitrogens with one attached hydrogen (secondary N) is 1. The Morgan fingerprint density at radius 2 is 1.82 bits per heavy atom. The van der Waals surface area contributed by atoms with Crippen LogP contribution < -0.4 is 5.32 Å². The van der Waals surface area contributed by atoms with Gasteiger partial charge in [-0.15, -0.1) is 0 Å². The highest BCUT2D eigenvalue weighted by molar-refractivity contribution is 7.91. The molecular weight excluding hydrogens is 300 g/mol. The Morgan fingerprint density at radius 1 is 1.23 bits per heavy atom. The highest BCUT2D eigenvalue weighted by atomic mass is 32.2. The second-order valence-electron chi connectivity index (χ2n) is 5.82. The largest absolute Gasteiger partial charge is 0.352 e. The van der Waals surface area contributed by atoms with Crippen LogP contribution in [0.25, 0.3) is 0 Å². The summed E-state index contributed by atoms with van der Waals surface area (Å²) in [7, 11) is -2.96. The average molecular weight is 324 g/mol. The lowest BCUT2D eigenvalue weighted by Gasteiger charge is -2.34. The zero-order valence-corrected chi connectivity index (χ0v) is 14.0. The molecule has 0 spiro atoms. The van der Waals surface area contributed by atoms with Crippen LogP contribution in [0, 0.1) is 0 Å². The maximum atomic E-state index is 12.7. The van der Waals surface area contributed by atoms with Gasteiger partial charge in [0, 0.05) is 19.1 Å². The summed E-state index contributed by atoms with van der Waals surface area (Å²) in [4.78, 5) is 14.6. The Kier molecular flexibility index (Phi) is 5.58. The standard InChI is InChI=1S/C16H24N2O3S/c1-3-13(2)17-16(19)15(14-7-5-4-6-8-14)18-9-11-22(20,21)12-10-18/h4-8,13,15H,3,9-12H2,1-2H3,(H,17,19)/t13-,15+/m1/s1. The Morgan fingerprint density at radius 3 is 2.36 bits per heavy atom. The first-order valence-corrected chi connectivity index (χ1v) is 9.55. The molecule has 1 heterocycles. The molecule has 1 aromatic rings. The molecule has 0 saturated carbocycles. The molecule has 1 saturated heterocycles. The molecule has 0 radical (unpaired) electrons. The smallest absolute Gasteiger partial charge is 0.242 e. The molecule has 0 aliphatic carbocycles. The Labute approximate surface area is 132 Å². The zero-order valence-electron chi connectivity index (χ0n) is 13.2. The molecule has 0 unspecified atom stereocenters. The summed E-state index contributed by atoms with van der Waals surface area (Å²) in [5, 5.41) is 3.02. The Balaban J connectivity index is 2.21. The van der Waals surface area contributed by atoms with Crippen LogP contribution in [0.5, 0.6) is 0 Å². The summed E-state index contributed by atoms with van der Waals surface area (Å²) >= 11 is 0. The SMILES string of the molecule is CC[C@@H](C)NC(=O)[C@H](c1ccccc1)N1CCS(=O)(=O)CC1. The second-order valence-corrected chi connectivity index (χ2v) is 8.12. The van der Waals surface area contributed by atoms with Crippen molar-refractivity contribution in [1.82, 2.24) is 10.2 Å². The topological polar surface area (TPSA) is 66.5 Å². The first kappa shape index (κ1) is 17.0. The van der Waals surface area contributed by atoms with Gasteiger partial charge in [0.1, 0.15) is 6.04 Å². The third-order valence-electron chi connectivity index (χ3n) is 4.11. The van der Waals surface area contributed by atoms with Crippen LogP contribution in [-0.2, 0) is 14.6 Å². The molecule has 1 amide bonds. The fraction of sp³-hybridized carbons (Fsp3) is 0.562. The third kappa shape index (κ3) is 4.30. The Bertz CT molecular complexity index is 587. The highest BCUT2D eigenvalue weighted by Gasteiger charge is 2.32. The number of carbonyl (C=O) groups excluding carboxylic acids is 1. The van der Waals surface area contributed by atoms with Gasteiger partial charge in [0.2, 0.25) is 5.91 Å². The van der Waals surface area contributed by atoms with Crippen LogP contribution >= 0.6 is 0 Å². The summed E-state index contributed by atoms with van der Waals surface area (Å²) in [6.45, 7) is 4.79. The third-order valence-corrected chi connectivity index (χ3v) is 5.72. The van der Waals surface area contributed by atoms with Gasteiger partial charge in [-0.2, -0.15) is 0 Å². The lowest BCUT2D eigenvalue weighted by molar-refractivity contribution is -0.127.